The molecule has 1 aromatic carbocycles. The van der Waals surface area contributed by atoms with E-state index in [1.165, 1.54) is 0 Å². The minimum absolute atomic E-state index is 0.112. The van der Waals surface area contributed by atoms with Gasteiger partial charge in [-0.3, -0.25) is 5.10 Å². The average molecular weight is 337 g/mol. The molecule has 0 radical (unpaired) electrons. The van der Waals surface area contributed by atoms with E-state index < -0.39 is 0 Å². The third-order valence-corrected chi connectivity index (χ3v) is 4.24. The van der Waals surface area contributed by atoms with Crippen molar-refractivity contribution >= 4 is 11.7 Å². The van der Waals surface area contributed by atoms with E-state index in [2.05, 4.69) is 30.9 Å². The van der Waals surface area contributed by atoms with Crippen molar-refractivity contribution in [3.05, 3.63) is 48.2 Å². The van der Waals surface area contributed by atoms with Gasteiger partial charge in [-0.25, -0.2) is 14.5 Å². The third-order valence-electron chi connectivity index (χ3n) is 4.24. The lowest BCUT2D eigenvalue weighted by Gasteiger charge is -2.23. The highest BCUT2D eigenvalue weighted by Gasteiger charge is 2.24. The highest BCUT2D eigenvalue weighted by Crippen LogP contribution is 2.23. The summed E-state index contributed by atoms with van der Waals surface area (Å²) >= 11 is 0. The summed E-state index contributed by atoms with van der Waals surface area (Å²) in [6.45, 7) is 2.72. The number of nitrogens with zero attached hydrogens (tertiary/aromatic N) is 4. The molecule has 4 rings (SSSR count). The molecule has 128 valence electrons. The molecule has 0 saturated carbocycles. The lowest BCUT2D eigenvalue weighted by atomic mass is 10.1. The van der Waals surface area contributed by atoms with Gasteiger partial charge >= 0.3 is 6.03 Å². The van der Waals surface area contributed by atoms with Crippen molar-refractivity contribution in [1.29, 1.82) is 0 Å². The molecule has 2 amide bonds. The first-order valence-electron chi connectivity index (χ1n) is 8.28. The lowest BCUT2D eigenvalue weighted by Crippen LogP contribution is -2.36. The molecule has 0 saturated heterocycles. The maximum Gasteiger partial charge on any atom is 0.319 e. The number of amides is 2. The van der Waals surface area contributed by atoms with E-state index in [1.54, 1.807) is 6.20 Å². The Bertz CT molecular complexity index is 867. The van der Waals surface area contributed by atoms with Crippen molar-refractivity contribution < 1.29 is 4.79 Å². The third kappa shape index (κ3) is 3.23. The fraction of sp³-hybridized carbons (Fsp3) is 0.294. The number of benzene rings is 1. The molecule has 0 spiro atoms. The first-order chi connectivity index (χ1) is 12.2. The monoisotopic (exact) mass is 337 g/mol. The van der Waals surface area contributed by atoms with Gasteiger partial charge in [-0.1, -0.05) is 12.1 Å². The number of H-pyrrole nitrogens is 1. The maximum atomic E-state index is 12.3. The largest absolute Gasteiger partial charge is 0.328 e. The van der Waals surface area contributed by atoms with E-state index in [9.17, 15) is 4.79 Å². The first-order valence-corrected chi connectivity index (χ1v) is 8.28. The van der Waals surface area contributed by atoms with Crippen LogP contribution in [0.15, 0.2) is 36.5 Å². The lowest BCUT2D eigenvalue weighted by molar-refractivity contribution is 0.244. The fourth-order valence-corrected chi connectivity index (χ4v) is 3.08. The Kier molecular flexibility index (Phi) is 3.93. The smallest absolute Gasteiger partial charge is 0.319 e. The predicted molar refractivity (Wildman–Crippen MR) is 92.9 cm³/mol. The van der Waals surface area contributed by atoms with Gasteiger partial charge in [0, 0.05) is 18.4 Å². The summed E-state index contributed by atoms with van der Waals surface area (Å²) in [6, 6.07) is 9.14. The summed E-state index contributed by atoms with van der Waals surface area (Å²) in [7, 11) is 0. The van der Waals surface area contributed by atoms with Crippen molar-refractivity contribution in [1.82, 2.24) is 30.3 Å². The van der Waals surface area contributed by atoms with E-state index in [4.69, 9.17) is 0 Å². The quantitative estimate of drug-likeness (QED) is 0.684. The van der Waals surface area contributed by atoms with Crippen LogP contribution in [0, 0.1) is 6.92 Å². The van der Waals surface area contributed by atoms with Crippen LogP contribution < -0.4 is 10.6 Å². The number of anilines is 1. The molecule has 1 atom stereocenters. The summed E-state index contributed by atoms with van der Waals surface area (Å²) in [6.07, 6.45) is 3.55. The summed E-state index contributed by atoms with van der Waals surface area (Å²) in [5.74, 6) is 1.56. The standard InChI is InChI=1S/C17H19N7O/c1-11-19-16-15(3-2-10-24(16)23-11)21-17(25)20-13-6-4-12(5-7-13)14-8-9-18-22-14/h4-9,15H,2-3,10H2,1H3,(H,18,22)(H2,20,21,25)/t15-/m0/s1. The first kappa shape index (κ1) is 15.4. The zero-order valence-corrected chi connectivity index (χ0v) is 13.9. The van der Waals surface area contributed by atoms with Crippen LogP contribution in [0.4, 0.5) is 10.5 Å². The number of hydrogen-bond donors (Lipinski definition) is 3. The minimum atomic E-state index is -0.242. The number of rotatable bonds is 3. The van der Waals surface area contributed by atoms with Gasteiger partial charge in [0.25, 0.3) is 0 Å². The van der Waals surface area contributed by atoms with Gasteiger partial charge in [0.15, 0.2) is 0 Å². The zero-order valence-electron chi connectivity index (χ0n) is 13.9. The van der Waals surface area contributed by atoms with Crippen LogP contribution in [0.5, 0.6) is 0 Å². The van der Waals surface area contributed by atoms with Gasteiger partial charge in [0.2, 0.25) is 0 Å². The summed E-state index contributed by atoms with van der Waals surface area (Å²) in [5, 5.41) is 17.1. The number of carbonyl (C=O) groups excluding carboxylic acids is 1. The van der Waals surface area contributed by atoms with E-state index in [0.29, 0.717) is 0 Å². The van der Waals surface area contributed by atoms with E-state index in [1.807, 2.05) is 41.9 Å². The van der Waals surface area contributed by atoms with E-state index >= 15 is 0 Å². The van der Waals surface area contributed by atoms with Crippen LogP contribution in [0.25, 0.3) is 11.3 Å². The Labute approximate surface area is 144 Å². The van der Waals surface area contributed by atoms with Crippen LogP contribution in [-0.2, 0) is 6.54 Å². The molecular weight excluding hydrogens is 318 g/mol. The van der Waals surface area contributed by atoms with Crippen molar-refractivity contribution in [2.75, 3.05) is 5.32 Å². The summed E-state index contributed by atoms with van der Waals surface area (Å²) in [5.41, 5.74) is 2.68. The summed E-state index contributed by atoms with van der Waals surface area (Å²) in [4.78, 5) is 16.7. The number of aromatic amines is 1. The van der Waals surface area contributed by atoms with Crippen LogP contribution >= 0.6 is 0 Å². The molecule has 3 aromatic rings. The van der Waals surface area contributed by atoms with Gasteiger partial charge in [0.05, 0.1) is 11.7 Å². The van der Waals surface area contributed by atoms with Gasteiger partial charge < -0.3 is 10.6 Å². The summed E-state index contributed by atoms with van der Waals surface area (Å²) < 4.78 is 1.88. The maximum absolute atomic E-state index is 12.3. The highest BCUT2D eigenvalue weighted by atomic mass is 16.2. The molecule has 3 N–H and O–H groups in total. The SMILES string of the molecule is Cc1nc2n(n1)CCC[C@@H]2NC(=O)Nc1ccc(-c2ccn[nH]2)cc1. The molecule has 8 nitrogen and oxygen atoms in total. The van der Waals surface area contributed by atoms with Crippen LogP contribution in [0.1, 0.15) is 30.5 Å². The average Bonchev–Trinajstić information content (AvgIpc) is 3.25. The molecule has 0 fully saturated rings. The van der Waals surface area contributed by atoms with Gasteiger partial charge in [-0.05, 0) is 43.5 Å². The normalized spacial score (nSPS) is 16.3. The number of fused-ring (bicyclic) bond motifs is 1. The Balaban J connectivity index is 1.41. The fourth-order valence-electron chi connectivity index (χ4n) is 3.08. The van der Waals surface area contributed by atoms with Crippen LogP contribution in [0.3, 0.4) is 0 Å². The second-order valence-corrected chi connectivity index (χ2v) is 6.08. The second kappa shape index (κ2) is 6.39. The molecule has 0 aliphatic carbocycles. The number of urea groups is 1. The van der Waals surface area contributed by atoms with Gasteiger partial charge in [-0.15, -0.1) is 0 Å². The van der Waals surface area contributed by atoms with Crippen LogP contribution in [-0.4, -0.2) is 31.0 Å². The van der Waals surface area contributed by atoms with Gasteiger partial charge in [-0.2, -0.15) is 10.2 Å². The van der Waals surface area contributed by atoms with E-state index in [-0.39, 0.29) is 12.1 Å². The number of hydrogen-bond acceptors (Lipinski definition) is 4. The van der Waals surface area contributed by atoms with Crippen molar-refractivity contribution in [2.24, 2.45) is 0 Å². The molecule has 0 bridgehead atoms. The van der Waals surface area contributed by atoms with E-state index in [0.717, 1.165) is 48.0 Å². The molecule has 8 heteroatoms. The second-order valence-electron chi connectivity index (χ2n) is 6.08. The highest BCUT2D eigenvalue weighted by molar-refractivity contribution is 5.89. The molecular formula is C17H19N7O. The molecule has 2 aromatic heterocycles. The Morgan fingerprint density at radius 3 is 2.88 bits per heavy atom. The molecule has 1 aliphatic rings. The Morgan fingerprint density at radius 2 is 2.12 bits per heavy atom. The number of nitrogens with one attached hydrogen (secondary N) is 3. The zero-order chi connectivity index (χ0) is 17.2. The minimum Gasteiger partial charge on any atom is -0.328 e. The van der Waals surface area contributed by atoms with Crippen molar-refractivity contribution in [3.63, 3.8) is 0 Å². The number of aryl methyl sites for hydroxylation is 2. The predicted octanol–water partition coefficient (Wildman–Crippen LogP) is 2.63. The topological polar surface area (TPSA) is 101 Å². The van der Waals surface area contributed by atoms with Crippen molar-refractivity contribution in [2.45, 2.75) is 32.4 Å². The van der Waals surface area contributed by atoms with Gasteiger partial charge in [0.1, 0.15) is 11.6 Å². The molecule has 25 heavy (non-hydrogen) atoms. The van der Waals surface area contributed by atoms with Crippen LogP contribution in [0.2, 0.25) is 0 Å². The molecule has 1 aliphatic heterocycles. The van der Waals surface area contributed by atoms with Crippen molar-refractivity contribution in [3.8, 4) is 11.3 Å². The Morgan fingerprint density at radius 1 is 1.28 bits per heavy atom. The number of carbonyl (C=O) groups is 1. The number of aromatic nitrogens is 5. The molecule has 0 unspecified atom stereocenters. The Hall–Kier alpha value is -3.16. The molecule has 3 heterocycles.